The lowest BCUT2D eigenvalue weighted by Crippen LogP contribution is -2.33. The topological polar surface area (TPSA) is 33.2 Å². The Hall–Kier alpha value is -2.75. The number of para-hydroxylation sites is 1. The van der Waals surface area contributed by atoms with Crippen LogP contribution in [0.3, 0.4) is 0 Å². The first kappa shape index (κ1) is 16.1. The van der Waals surface area contributed by atoms with Gasteiger partial charge in [-0.3, -0.25) is 9.78 Å². The van der Waals surface area contributed by atoms with Gasteiger partial charge in [-0.25, -0.2) is 4.39 Å². The van der Waals surface area contributed by atoms with E-state index >= 15 is 0 Å². The summed E-state index contributed by atoms with van der Waals surface area (Å²) < 4.78 is 13.1. The van der Waals surface area contributed by atoms with Crippen LogP contribution >= 0.6 is 0 Å². The number of fused-ring (bicyclic) bond motifs is 1. The lowest BCUT2D eigenvalue weighted by molar-refractivity contribution is 0.0704. The van der Waals surface area contributed by atoms with Gasteiger partial charge in [-0.15, -0.1) is 0 Å². The summed E-state index contributed by atoms with van der Waals surface area (Å²) in [7, 11) is 0. The van der Waals surface area contributed by atoms with Crippen molar-refractivity contribution in [2.45, 2.75) is 19.9 Å². The maximum Gasteiger partial charge on any atom is 0.255 e. The smallest absolute Gasteiger partial charge is 0.255 e. The van der Waals surface area contributed by atoms with E-state index < -0.39 is 0 Å². The molecule has 0 aliphatic rings. The number of hydrogen-bond donors (Lipinski definition) is 0. The molecule has 1 heterocycles. The molecule has 3 aromatic rings. The zero-order valence-electron chi connectivity index (χ0n) is 13.7. The molecule has 2 aromatic carbocycles. The number of hydrogen-bond acceptors (Lipinski definition) is 2. The van der Waals surface area contributed by atoms with Gasteiger partial charge in [-0.1, -0.05) is 30.3 Å². The standard InChI is InChI=1S/C20H19FN2O/c1-3-23(14(2)15-8-10-16(21)11-9-15)20(24)18-12-13-22-19-7-5-4-6-17(18)19/h4-14H,3H2,1-2H3. The van der Waals surface area contributed by atoms with Crippen LogP contribution in [0.5, 0.6) is 0 Å². The SMILES string of the molecule is CCN(C(=O)c1ccnc2ccccc12)C(C)c1ccc(F)cc1. The number of carbonyl (C=O) groups excluding carboxylic acids is 1. The Morgan fingerprint density at radius 1 is 1.12 bits per heavy atom. The van der Waals surface area contributed by atoms with E-state index in [0.29, 0.717) is 12.1 Å². The van der Waals surface area contributed by atoms with Gasteiger partial charge in [-0.2, -0.15) is 0 Å². The Labute approximate surface area is 140 Å². The van der Waals surface area contributed by atoms with Crippen molar-refractivity contribution in [2.75, 3.05) is 6.54 Å². The van der Waals surface area contributed by atoms with Gasteiger partial charge in [0.1, 0.15) is 5.82 Å². The van der Waals surface area contributed by atoms with Crippen LogP contribution in [-0.2, 0) is 0 Å². The van der Waals surface area contributed by atoms with Crippen molar-refractivity contribution in [3.8, 4) is 0 Å². The molecule has 0 N–H and O–H groups in total. The van der Waals surface area contributed by atoms with Gasteiger partial charge in [0, 0.05) is 18.1 Å². The molecule has 1 aromatic heterocycles. The summed E-state index contributed by atoms with van der Waals surface area (Å²) in [5.41, 5.74) is 2.34. The van der Waals surface area contributed by atoms with E-state index in [4.69, 9.17) is 0 Å². The number of aromatic nitrogens is 1. The fraction of sp³-hybridized carbons (Fsp3) is 0.200. The van der Waals surface area contributed by atoms with E-state index in [9.17, 15) is 9.18 Å². The second kappa shape index (κ2) is 6.79. The van der Waals surface area contributed by atoms with E-state index in [1.54, 1.807) is 29.3 Å². The molecule has 0 saturated heterocycles. The highest BCUT2D eigenvalue weighted by Crippen LogP contribution is 2.25. The summed E-state index contributed by atoms with van der Waals surface area (Å²) in [6.45, 7) is 4.47. The van der Waals surface area contributed by atoms with Crippen LogP contribution in [0.15, 0.2) is 60.8 Å². The Bertz CT molecular complexity index is 856. The third kappa shape index (κ3) is 3.00. The summed E-state index contributed by atoms with van der Waals surface area (Å²) >= 11 is 0. The maximum atomic E-state index is 13.1. The number of rotatable bonds is 4. The summed E-state index contributed by atoms with van der Waals surface area (Å²) in [5.74, 6) is -0.326. The zero-order chi connectivity index (χ0) is 17.1. The number of amides is 1. The van der Waals surface area contributed by atoms with E-state index in [-0.39, 0.29) is 17.8 Å². The minimum Gasteiger partial charge on any atom is -0.332 e. The number of carbonyl (C=O) groups is 1. The lowest BCUT2D eigenvalue weighted by Gasteiger charge is -2.29. The molecule has 1 atom stereocenters. The maximum absolute atomic E-state index is 13.1. The zero-order valence-corrected chi connectivity index (χ0v) is 13.7. The highest BCUT2D eigenvalue weighted by atomic mass is 19.1. The van der Waals surface area contributed by atoms with Gasteiger partial charge in [0.2, 0.25) is 0 Å². The van der Waals surface area contributed by atoms with Gasteiger partial charge in [0.15, 0.2) is 0 Å². The van der Waals surface area contributed by atoms with E-state index in [1.165, 1.54) is 12.1 Å². The van der Waals surface area contributed by atoms with Crippen LogP contribution in [0.25, 0.3) is 10.9 Å². The predicted octanol–water partition coefficient (Wildman–Crippen LogP) is 4.60. The normalized spacial score (nSPS) is 12.1. The molecule has 0 fully saturated rings. The third-order valence-electron chi connectivity index (χ3n) is 4.30. The molecule has 3 rings (SSSR count). The molecule has 0 aliphatic carbocycles. The average molecular weight is 322 g/mol. The first-order chi connectivity index (χ1) is 11.6. The van der Waals surface area contributed by atoms with Crippen molar-refractivity contribution >= 4 is 16.8 Å². The predicted molar refractivity (Wildman–Crippen MR) is 93.3 cm³/mol. The van der Waals surface area contributed by atoms with Crippen molar-refractivity contribution in [3.63, 3.8) is 0 Å². The second-order valence-electron chi connectivity index (χ2n) is 5.69. The molecule has 1 amide bonds. The largest absolute Gasteiger partial charge is 0.332 e. The van der Waals surface area contributed by atoms with Crippen LogP contribution in [-0.4, -0.2) is 22.3 Å². The molecular formula is C20H19FN2O. The van der Waals surface area contributed by atoms with E-state index in [1.807, 2.05) is 38.1 Å². The van der Waals surface area contributed by atoms with Crippen LogP contribution in [0.4, 0.5) is 4.39 Å². The van der Waals surface area contributed by atoms with Crippen molar-refractivity contribution in [3.05, 3.63) is 77.7 Å². The molecule has 24 heavy (non-hydrogen) atoms. The number of benzene rings is 2. The average Bonchev–Trinajstić information content (AvgIpc) is 2.62. The van der Waals surface area contributed by atoms with Crippen LogP contribution in [0.1, 0.15) is 35.8 Å². The lowest BCUT2D eigenvalue weighted by atomic mass is 10.0. The van der Waals surface area contributed by atoms with Gasteiger partial charge in [0.05, 0.1) is 17.1 Å². The summed E-state index contributed by atoms with van der Waals surface area (Å²) in [5, 5.41) is 0.842. The molecule has 0 aliphatic heterocycles. The Morgan fingerprint density at radius 3 is 2.54 bits per heavy atom. The van der Waals surface area contributed by atoms with Crippen LogP contribution in [0.2, 0.25) is 0 Å². The van der Waals surface area contributed by atoms with Crippen molar-refractivity contribution in [2.24, 2.45) is 0 Å². The molecule has 122 valence electrons. The molecular weight excluding hydrogens is 303 g/mol. The van der Waals surface area contributed by atoms with Gasteiger partial charge >= 0.3 is 0 Å². The molecule has 4 heteroatoms. The van der Waals surface area contributed by atoms with Gasteiger partial charge < -0.3 is 4.90 Å². The highest BCUT2D eigenvalue weighted by Gasteiger charge is 2.22. The van der Waals surface area contributed by atoms with Crippen molar-refractivity contribution in [1.29, 1.82) is 0 Å². The fourth-order valence-corrected chi connectivity index (χ4v) is 2.95. The fourth-order valence-electron chi connectivity index (χ4n) is 2.95. The third-order valence-corrected chi connectivity index (χ3v) is 4.30. The van der Waals surface area contributed by atoms with E-state index in [0.717, 1.165) is 16.5 Å². The molecule has 3 nitrogen and oxygen atoms in total. The number of pyridine rings is 1. The van der Waals surface area contributed by atoms with Crippen LogP contribution in [0, 0.1) is 5.82 Å². The minimum absolute atomic E-state index is 0.0482. The van der Waals surface area contributed by atoms with Gasteiger partial charge in [0.25, 0.3) is 5.91 Å². The summed E-state index contributed by atoms with van der Waals surface area (Å²) in [6.07, 6.45) is 1.66. The molecule has 0 spiro atoms. The monoisotopic (exact) mass is 322 g/mol. The van der Waals surface area contributed by atoms with E-state index in [2.05, 4.69) is 4.98 Å². The number of halogens is 1. The van der Waals surface area contributed by atoms with Crippen molar-refractivity contribution in [1.82, 2.24) is 9.88 Å². The molecule has 1 unspecified atom stereocenters. The Balaban J connectivity index is 1.97. The molecule has 0 saturated carbocycles. The quantitative estimate of drug-likeness (QED) is 0.703. The first-order valence-corrected chi connectivity index (χ1v) is 8.02. The van der Waals surface area contributed by atoms with Crippen molar-refractivity contribution < 1.29 is 9.18 Å². The second-order valence-corrected chi connectivity index (χ2v) is 5.69. The Morgan fingerprint density at radius 2 is 1.83 bits per heavy atom. The molecule has 0 bridgehead atoms. The summed E-state index contributed by atoms with van der Waals surface area (Å²) in [4.78, 5) is 19.2. The first-order valence-electron chi connectivity index (χ1n) is 8.02. The minimum atomic E-state index is -0.277. The van der Waals surface area contributed by atoms with Gasteiger partial charge in [-0.05, 0) is 43.7 Å². The number of nitrogens with zero attached hydrogens (tertiary/aromatic N) is 2. The highest BCUT2D eigenvalue weighted by molar-refractivity contribution is 6.06. The summed E-state index contributed by atoms with van der Waals surface area (Å²) in [6, 6.07) is 15.5. The molecule has 0 radical (unpaired) electrons. The Kier molecular flexibility index (Phi) is 4.56. The van der Waals surface area contributed by atoms with Crippen LogP contribution < -0.4 is 0 Å².